The van der Waals surface area contributed by atoms with E-state index >= 15 is 0 Å². The maximum absolute atomic E-state index is 12.3. The molecule has 4 N–H and O–H groups in total. The van der Waals surface area contributed by atoms with E-state index < -0.39 is 5.91 Å². The number of halogens is 4. The van der Waals surface area contributed by atoms with Crippen molar-refractivity contribution >= 4 is 59.9 Å². The van der Waals surface area contributed by atoms with Crippen LogP contribution in [0.4, 0.5) is 0 Å². The molecule has 0 saturated heterocycles. The zero-order valence-electron chi connectivity index (χ0n) is 15.3. The number of benzene rings is 2. The lowest BCUT2D eigenvalue weighted by molar-refractivity contribution is 0.100. The van der Waals surface area contributed by atoms with Crippen LogP contribution in [0.15, 0.2) is 41.4 Å². The number of ether oxygens (including phenoxy) is 1. The minimum Gasteiger partial charge on any atom is -0.492 e. The highest BCUT2D eigenvalue weighted by molar-refractivity contribution is 6.35. The van der Waals surface area contributed by atoms with E-state index in [0.717, 1.165) is 6.54 Å². The number of likely N-dealkylation sites (N-methyl/N-ethyl adjacent to an activating group) is 1. The second-order valence-corrected chi connectivity index (χ2v) is 6.71. The molecule has 0 radical (unpaired) electrons. The minimum absolute atomic E-state index is 0. The zero-order chi connectivity index (χ0) is 19.3. The Morgan fingerprint density at radius 1 is 1.11 bits per heavy atom. The average Bonchev–Trinajstić information content (AvgIpc) is 2.56. The van der Waals surface area contributed by atoms with E-state index in [1.54, 1.807) is 36.4 Å². The van der Waals surface area contributed by atoms with Gasteiger partial charge in [-0.25, -0.2) is 0 Å². The predicted octanol–water partition coefficient (Wildman–Crippen LogP) is 3.86. The molecule has 28 heavy (non-hydrogen) atoms. The molecule has 0 fully saturated rings. The van der Waals surface area contributed by atoms with Gasteiger partial charge in [-0.2, -0.15) is 4.99 Å². The molecule has 2 rings (SSSR count). The van der Waals surface area contributed by atoms with Gasteiger partial charge in [-0.1, -0.05) is 23.2 Å². The van der Waals surface area contributed by atoms with Crippen LogP contribution in [-0.2, 0) is 0 Å². The normalized spacial score (nSPS) is 9.89. The highest BCUT2D eigenvalue weighted by Crippen LogP contribution is 2.33. The summed E-state index contributed by atoms with van der Waals surface area (Å²) < 4.78 is 5.76. The molecule has 6 nitrogen and oxygen atoms in total. The number of nitrogens with zero attached hydrogens (tertiary/aromatic N) is 2. The maximum atomic E-state index is 12.3. The van der Waals surface area contributed by atoms with E-state index in [1.165, 1.54) is 0 Å². The van der Waals surface area contributed by atoms with E-state index in [2.05, 4.69) is 4.99 Å². The fraction of sp³-hybridized carbons (Fsp3) is 0.222. The molecule has 0 aliphatic carbocycles. The lowest BCUT2D eigenvalue weighted by Gasteiger charge is -2.14. The summed E-state index contributed by atoms with van der Waals surface area (Å²) >= 11 is 12.4. The number of carbonyl (C=O) groups is 1. The van der Waals surface area contributed by atoms with Crippen LogP contribution >= 0.6 is 48.0 Å². The molecule has 0 bridgehead atoms. The van der Waals surface area contributed by atoms with Crippen molar-refractivity contribution < 1.29 is 9.53 Å². The highest BCUT2D eigenvalue weighted by Gasteiger charge is 2.13. The molecule has 0 heterocycles. The Morgan fingerprint density at radius 3 is 2.39 bits per heavy atom. The van der Waals surface area contributed by atoms with Crippen LogP contribution in [0, 0.1) is 0 Å². The number of carbonyl (C=O) groups excluding carboxylic acids is 1. The Morgan fingerprint density at radius 2 is 1.79 bits per heavy atom. The molecule has 0 spiro atoms. The number of rotatable bonds is 6. The smallest absolute Gasteiger partial charge is 0.280 e. The van der Waals surface area contributed by atoms with Gasteiger partial charge in [-0.3, -0.25) is 4.79 Å². The van der Waals surface area contributed by atoms with Gasteiger partial charge in [0.15, 0.2) is 5.96 Å². The van der Waals surface area contributed by atoms with Gasteiger partial charge < -0.3 is 21.1 Å². The van der Waals surface area contributed by atoms with Crippen LogP contribution < -0.4 is 16.2 Å². The Labute approximate surface area is 186 Å². The number of aliphatic imine (C=N–C) groups is 1. The van der Waals surface area contributed by atoms with Crippen LogP contribution in [0.5, 0.6) is 5.75 Å². The monoisotopic (exact) mass is 466 g/mol. The summed E-state index contributed by atoms with van der Waals surface area (Å²) in [4.78, 5) is 17.8. The molecule has 0 unspecified atom stereocenters. The topological polar surface area (TPSA) is 93.9 Å². The molecule has 0 atom stereocenters. The number of amides is 1. The maximum Gasteiger partial charge on any atom is 0.280 e. The number of hydrogen-bond acceptors (Lipinski definition) is 3. The van der Waals surface area contributed by atoms with Crippen LogP contribution in [0.2, 0.25) is 10.0 Å². The van der Waals surface area contributed by atoms with Crippen molar-refractivity contribution in [3.63, 3.8) is 0 Å². The lowest BCUT2D eigenvalue weighted by Crippen LogP contribution is -2.24. The van der Waals surface area contributed by atoms with Gasteiger partial charge in [0.05, 0.1) is 0 Å². The van der Waals surface area contributed by atoms with Gasteiger partial charge >= 0.3 is 0 Å². The largest absolute Gasteiger partial charge is 0.492 e. The van der Waals surface area contributed by atoms with Crippen molar-refractivity contribution in [1.29, 1.82) is 0 Å². The van der Waals surface area contributed by atoms with E-state index in [1.807, 2.05) is 19.0 Å². The van der Waals surface area contributed by atoms with Crippen molar-refractivity contribution in [2.75, 3.05) is 27.2 Å². The van der Waals surface area contributed by atoms with Crippen molar-refractivity contribution in [2.24, 2.45) is 16.5 Å². The van der Waals surface area contributed by atoms with Gasteiger partial charge in [-0.15, -0.1) is 24.8 Å². The van der Waals surface area contributed by atoms with E-state index in [0.29, 0.717) is 33.5 Å². The molecule has 0 aromatic heterocycles. The molecule has 0 aliphatic rings. The molecule has 10 heteroatoms. The summed E-state index contributed by atoms with van der Waals surface area (Å²) in [6.45, 7) is 1.18. The second-order valence-electron chi connectivity index (χ2n) is 5.86. The molecular weight excluding hydrogens is 446 g/mol. The van der Waals surface area contributed by atoms with Crippen molar-refractivity contribution in [3.8, 4) is 16.9 Å². The fourth-order valence-electron chi connectivity index (χ4n) is 2.21. The molecule has 2 aromatic carbocycles. The summed E-state index contributed by atoms with van der Waals surface area (Å²) in [5.41, 5.74) is 12.2. The SMILES string of the molecule is CN(C)CCOc1cc(C(=O)N=C(N)N)cc(-c2cc(Cl)ccc2Cl)c1.Cl.Cl. The summed E-state index contributed by atoms with van der Waals surface area (Å²) in [5, 5.41) is 1.03. The van der Waals surface area contributed by atoms with Crippen molar-refractivity contribution in [1.82, 2.24) is 4.90 Å². The van der Waals surface area contributed by atoms with Gasteiger partial charge in [0.1, 0.15) is 12.4 Å². The number of nitrogens with two attached hydrogens (primary N) is 2. The Hall–Kier alpha value is -1.70. The summed E-state index contributed by atoms with van der Waals surface area (Å²) in [6.07, 6.45) is 0. The standard InChI is InChI=1S/C18H20Cl2N4O2.2ClH/c1-24(2)5-6-26-14-8-11(15-10-13(19)3-4-16(15)20)7-12(9-14)17(25)23-18(21)22;;/h3-4,7-10H,5-6H2,1-2H3,(H4,21,22,23,25);2*1H. The Balaban J connectivity index is 0.00000364. The quantitative estimate of drug-likeness (QED) is 0.496. The molecule has 0 aliphatic heterocycles. The first kappa shape index (κ1) is 26.3. The minimum atomic E-state index is -0.567. The summed E-state index contributed by atoms with van der Waals surface area (Å²) in [6, 6.07) is 10.1. The first-order valence-electron chi connectivity index (χ1n) is 7.78. The molecule has 0 saturated carbocycles. The first-order chi connectivity index (χ1) is 12.3. The van der Waals surface area contributed by atoms with Crippen molar-refractivity contribution in [2.45, 2.75) is 0 Å². The Bertz CT molecular complexity index is 840. The predicted molar refractivity (Wildman–Crippen MR) is 121 cm³/mol. The molecule has 1 amide bonds. The highest BCUT2D eigenvalue weighted by atomic mass is 35.5. The van der Waals surface area contributed by atoms with Crippen LogP contribution in [0.3, 0.4) is 0 Å². The van der Waals surface area contributed by atoms with Crippen LogP contribution in [0.1, 0.15) is 10.4 Å². The van der Waals surface area contributed by atoms with E-state index in [-0.39, 0.29) is 36.3 Å². The van der Waals surface area contributed by atoms with Crippen LogP contribution in [0.25, 0.3) is 11.1 Å². The average molecular weight is 468 g/mol. The lowest BCUT2D eigenvalue weighted by atomic mass is 10.0. The Kier molecular flexibility index (Phi) is 11.3. The zero-order valence-corrected chi connectivity index (χ0v) is 18.5. The molecular formula is C18H22Cl4N4O2. The van der Waals surface area contributed by atoms with Gasteiger partial charge in [0.25, 0.3) is 5.91 Å². The van der Waals surface area contributed by atoms with Gasteiger partial charge in [0, 0.05) is 27.7 Å². The third-order valence-electron chi connectivity index (χ3n) is 3.43. The van der Waals surface area contributed by atoms with Gasteiger partial charge in [-0.05, 0) is 56.1 Å². The van der Waals surface area contributed by atoms with Crippen molar-refractivity contribution in [3.05, 3.63) is 52.0 Å². The number of guanidine groups is 1. The third kappa shape index (κ3) is 7.73. The van der Waals surface area contributed by atoms with E-state index in [4.69, 9.17) is 39.4 Å². The third-order valence-corrected chi connectivity index (χ3v) is 4.00. The fourth-order valence-corrected chi connectivity index (χ4v) is 2.61. The van der Waals surface area contributed by atoms with Gasteiger partial charge in [0.2, 0.25) is 0 Å². The second kappa shape index (κ2) is 12.0. The first-order valence-corrected chi connectivity index (χ1v) is 8.54. The molecule has 2 aromatic rings. The molecule has 154 valence electrons. The number of hydrogen-bond donors (Lipinski definition) is 2. The summed E-state index contributed by atoms with van der Waals surface area (Å²) in [5.74, 6) is -0.367. The van der Waals surface area contributed by atoms with E-state index in [9.17, 15) is 4.79 Å². The van der Waals surface area contributed by atoms with Crippen LogP contribution in [-0.4, -0.2) is 44.0 Å². The summed E-state index contributed by atoms with van der Waals surface area (Å²) in [7, 11) is 3.89.